The Morgan fingerprint density at radius 1 is 1.73 bits per heavy atom. The highest BCUT2D eigenvalue weighted by Crippen LogP contribution is 2.32. The Hall–Kier alpha value is -0.260. The second kappa shape index (κ2) is 2.66. The number of hydrogen-bond acceptors (Lipinski definition) is 2. The van der Waals surface area contributed by atoms with Crippen LogP contribution in [-0.2, 0) is 4.74 Å². The van der Waals surface area contributed by atoms with Gasteiger partial charge in [0.05, 0.1) is 6.04 Å². The van der Waals surface area contributed by atoms with Gasteiger partial charge in [-0.15, -0.1) is 0 Å². The van der Waals surface area contributed by atoms with Crippen molar-refractivity contribution in [2.24, 2.45) is 0 Å². The Morgan fingerprint density at radius 2 is 2.55 bits per heavy atom. The molecule has 0 bridgehead atoms. The predicted molar refractivity (Wildman–Crippen MR) is 48.3 cm³/mol. The van der Waals surface area contributed by atoms with E-state index in [1.54, 1.807) is 4.90 Å². The van der Waals surface area contributed by atoms with Gasteiger partial charge in [-0.25, -0.2) is 4.79 Å². The minimum absolute atomic E-state index is 0.171. The summed E-state index contributed by atoms with van der Waals surface area (Å²) in [4.78, 5) is 12.9. The Bertz CT molecular complexity index is 226. The van der Waals surface area contributed by atoms with E-state index >= 15 is 0 Å². The van der Waals surface area contributed by atoms with E-state index in [1.807, 2.05) is 4.08 Å². The normalized spacial score (nSPS) is 32.8. The Balaban J connectivity index is 2.27. The minimum atomic E-state index is -0.171. The van der Waals surface area contributed by atoms with Crippen molar-refractivity contribution in [2.45, 2.75) is 18.9 Å². The van der Waals surface area contributed by atoms with Crippen LogP contribution in [0.15, 0.2) is 9.84 Å². The molecule has 2 heterocycles. The van der Waals surface area contributed by atoms with Crippen LogP contribution in [0.3, 0.4) is 0 Å². The SMILES string of the molecule is O=C1O/C(=C/I)[C@@H]2CCCN12. The number of amides is 1. The zero-order valence-electron chi connectivity index (χ0n) is 5.92. The Kier molecular flexibility index (Phi) is 1.78. The predicted octanol–water partition coefficient (Wildman–Crippen LogP) is 1.88. The third-order valence-corrected chi connectivity index (χ3v) is 2.74. The number of nitrogens with zero attached hydrogens (tertiary/aromatic N) is 1. The van der Waals surface area contributed by atoms with Crippen molar-refractivity contribution in [2.75, 3.05) is 6.54 Å². The second-order valence-corrected chi connectivity index (χ2v) is 3.35. The molecule has 2 fully saturated rings. The molecule has 0 aromatic carbocycles. The third-order valence-electron chi connectivity index (χ3n) is 2.13. The van der Waals surface area contributed by atoms with Gasteiger partial charge in [0.25, 0.3) is 0 Å². The summed E-state index contributed by atoms with van der Waals surface area (Å²) in [6.45, 7) is 0.859. The molecule has 0 unspecified atom stereocenters. The number of ether oxygens (including phenoxy) is 1. The van der Waals surface area contributed by atoms with Crippen LogP contribution in [0.1, 0.15) is 12.8 Å². The van der Waals surface area contributed by atoms with Gasteiger partial charge in [0.1, 0.15) is 5.76 Å². The fraction of sp³-hybridized carbons (Fsp3) is 0.571. The van der Waals surface area contributed by atoms with Crippen LogP contribution in [-0.4, -0.2) is 23.6 Å². The van der Waals surface area contributed by atoms with Crippen LogP contribution in [0, 0.1) is 0 Å². The van der Waals surface area contributed by atoms with E-state index < -0.39 is 0 Å². The van der Waals surface area contributed by atoms with E-state index in [4.69, 9.17) is 4.74 Å². The molecule has 0 aromatic heterocycles. The fourth-order valence-corrected chi connectivity index (χ4v) is 2.15. The highest BCUT2D eigenvalue weighted by atomic mass is 127. The lowest BCUT2D eigenvalue weighted by Gasteiger charge is -2.08. The van der Waals surface area contributed by atoms with E-state index in [1.165, 1.54) is 0 Å². The molecule has 1 atom stereocenters. The first-order chi connectivity index (χ1) is 5.33. The van der Waals surface area contributed by atoms with Crippen LogP contribution in [0.25, 0.3) is 0 Å². The highest BCUT2D eigenvalue weighted by molar-refractivity contribution is 14.1. The van der Waals surface area contributed by atoms with Gasteiger partial charge in [-0.1, -0.05) is 0 Å². The maximum Gasteiger partial charge on any atom is 0.415 e. The largest absolute Gasteiger partial charge is 0.415 e. The maximum absolute atomic E-state index is 11.1. The van der Waals surface area contributed by atoms with Crippen molar-refractivity contribution in [3.05, 3.63) is 9.84 Å². The van der Waals surface area contributed by atoms with E-state index in [-0.39, 0.29) is 12.1 Å². The Morgan fingerprint density at radius 3 is 3.27 bits per heavy atom. The molecule has 0 aromatic rings. The van der Waals surface area contributed by atoms with Crippen molar-refractivity contribution in [3.8, 4) is 0 Å². The van der Waals surface area contributed by atoms with Crippen molar-refractivity contribution < 1.29 is 9.53 Å². The summed E-state index contributed by atoms with van der Waals surface area (Å²) in [5.74, 6) is 0.827. The van der Waals surface area contributed by atoms with Crippen molar-refractivity contribution in [3.63, 3.8) is 0 Å². The molecule has 0 saturated carbocycles. The lowest BCUT2D eigenvalue weighted by molar-refractivity contribution is 0.170. The molecule has 0 radical (unpaired) electrons. The van der Waals surface area contributed by atoms with E-state index in [9.17, 15) is 4.79 Å². The van der Waals surface area contributed by atoms with Gasteiger partial charge in [-0.3, -0.25) is 4.90 Å². The molecule has 4 heteroatoms. The monoisotopic (exact) mass is 265 g/mol. The van der Waals surface area contributed by atoms with Gasteiger partial charge >= 0.3 is 6.09 Å². The van der Waals surface area contributed by atoms with Gasteiger partial charge in [-0.2, -0.15) is 0 Å². The number of cyclic esters (lactones) is 1. The first-order valence-corrected chi connectivity index (χ1v) is 4.86. The average molecular weight is 265 g/mol. The van der Waals surface area contributed by atoms with E-state index in [0.29, 0.717) is 0 Å². The maximum atomic E-state index is 11.1. The third kappa shape index (κ3) is 1.04. The van der Waals surface area contributed by atoms with Crippen LogP contribution in [0.2, 0.25) is 0 Å². The minimum Gasteiger partial charge on any atom is -0.412 e. The second-order valence-electron chi connectivity index (χ2n) is 2.73. The highest BCUT2D eigenvalue weighted by Gasteiger charge is 2.40. The number of carbonyl (C=O) groups excluding carboxylic acids is 1. The molecule has 2 saturated heterocycles. The first-order valence-electron chi connectivity index (χ1n) is 3.61. The lowest BCUT2D eigenvalue weighted by atomic mass is 10.2. The quantitative estimate of drug-likeness (QED) is 0.626. The standard InChI is InChI=1S/C7H8INO2/c8-4-6-5-2-1-3-9(5)7(10)11-6/h4-5H,1-3H2/b6-4+/t5-/m0/s1. The molecule has 0 spiro atoms. The topological polar surface area (TPSA) is 29.5 Å². The lowest BCUT2D eigenvalue weighted by Crippen LogP contribution is -2.26. The van der Waals surface area contributed by atoms with Crippen molar-refractivity contribution >= 4 is 28.7 Å². The summed E-state index contributed by atoms with van der Waals surface area (Å²) in [6.07, 6.45) is 1.99. The number of carbonyl (C=O) groups is 1. The van der Waals surface area contributed by atoms with E-state index in [0.717, 1.165) is 25.1 Å². The molecular weight excluding hydrogens is 257 g/mol. The van der Waals surface area contributed by atoms with Crippen LogP contribution in [0.5, 0.6) is 0 Å². The molecule has 0 N–H and O–H groups in total. The smallest absolute Gasteiger partial charge is 0.412 e. The van der Waals surface area contributed by atoms with Crippen LogP contribution in [0.4, 0.5) is 4.79 Å². The average Bonchev–Trinajstić information content (AvgIpc) is 2.54. The van der Waals surface area contributed by atoms with Crippen LogP contribution >= 0.6 is 22.6 Å². The number of rotatable bonds is 0. The van der Waals surface area contributed by atoms with E-state index in [2.05, 4.69) is 22.6 Å². The fourth-order valence-electron chi connectivity index (χ4n) is 1.60. The van der Waals surface area contributed by atoms with Gasteiger partial charge in [0.15, 0.2) is 0 Å². The number of halogens is 1. The summed E-state index contributed by atoms with van der Waals surface area (Å²) in [6, 6.07) is 0.249. The van der Waals surface area contributed by atoms with Crippen LogP contribution < -0.4 is 0 Å². The van der Waals surface area contributed by atoms with Gasteiger partial charge < -0.3 is 4.74 Å². The van der Waals surface area contributed by atoms with Gasteiger partial charge in [0.2, 0.25) is 0 Å². The molecule has 3 nitrogen and oxygen atoms in total. The summed E-state index contributed by atoms with van der Waals surface area (Å²) < 4.78 is 6.87. The zero-order valence-corrected chi connectivity index (χ0v) is 8.08. The Labute approximate surface area is 78.5 Å². The van der Waals surface area contributed by atoms with Gasteiger partial charge in [0, 0.05) is 10.6 Å². The molecule has 2 rings (SSSR count). The molecule has 0 aliphatic carbocycles. The van der Waals surface area contributed by atoms with Crippen molar-refractivity contribution in [1.82, 2.24) is 4.90 Å². The molecular formula is C7H8INO2. The molecule has 2 aliphatic heterocycles. The van der Waals surface area contributed by atoms with Gasteiger partial charge in [-0.05, 0) is 35.4 Å². The first kappa shape index (κ1) is 7.39. The zero-order chi connectivity index (χ0) is 7.84. The molecule has 1 amide bonds. The summed E-state index contributed by atoms with van der Waals surface area (Å²) in [7, 11) is 0. The summed E-state index contributed by atoms with van der Waals surface area (Å²) in [5.41, 5.74) is 0. The van der Waals surface area contributed by atoms with Crippen molar-refractivity contribution in [1.29, 1.82) is 0 Å². The number of hydrogen-bond donors (Lipinski definition) is 0. The number of fused-ring (bicyclic) bond motifs is 1. The summed E-state index contributed by atoms with van der Waals surface area (Å²) >= 11 is 2.11. The molecule has 11 heavy (non-hydrogen) atoms. The summed E-state index contributed by atoms with van der Waals surface area (Å²) in [5, 5.41) is 0. The molecule has 2 aliphatic rings. The molecule has 60 valence electrons.